The highest BCUT2D eigenvalue weighted by molar-refractivity contribution is 14.1. The summed E-state index contributed by atoms with van der Waals surface area (Å²) in [5, 5.41) is 6.27. The maximum Gasteiger partial charge on any atom is 0.257 e. The van der Waals surface area contributed by atoms with Gasteiger partial charge in [-0.2, -0.15) is 0 Å². The molecule has 2 aromatic carbocycles. The Balaban J connectivity index is 2.07. The highest BCUT2D eigenvalue weighted by Gasteiger charge is 2.11. The van der Waals surface area contributed by atoms with Crippen LogP contribution in [-0.2, 0) is 0 Å². The number of nitrogens with one attached hydrogen (secondary N) is 2. The van der Waals surface area contributed by atoms with Crippen LogP contribution in [0.1, 0.15) is 21.5 Å². The van der Waals surface area contributed by atoms with E-state index in [2.05, 4.69) is 33.2 Å². The lowest BCUT2D eigenvalue weighted by molar-refractivity contribution is 0.0977. The molecule has 2 aromatic rings. The summed E-state index contributed by atoms with van der Waals surface area (Å²) >= 11 is 13.5. The van der Waals surface area contributed by atoms with E-state index in [9.17, 15) is 4.79 Å². The van der Waals surface area contributed by atoms with Crippen LogP contribution in [0.25, 0.3) is 0 Å². The molecular weight excluding hydrogens is 459 g/mol. The Bertz CT molecular complexity index is 788. The molecule has 0 spiro atoms. The van der Waals surface area contributed by atoms with Gasteiger partial charge in [0, 0.05) is 14.8 Å². The van der Waals surface area contributed by atoms with E-state index in [1.165, 1.54) is 16.7 Å². The number of amides is 1. The predicted octanol–water partition coefficient (Wildman–Crippen LogP) is 4.70. The Kier molecular flexibility index (Phi) is 6.42. The fourth-order valence-electron chi connectivity index (χ4n) is 2.16. The van der Waals surface area contributed by atoms with E-state index in [0.717, 1.165) is 16.8 Å². The zero-order valence-electron chi connectivity index (χ0n) is 13.4. The Hall–Kier alpha value is -1.38. The highest BCUT2D eigenvalue weighted by atomic mass is 127. The molecule has 0 unspecified atom stereocenters. The molecule has 126 valence electrons. The molecule has 0 aliphatic carbocycles. The van der Waals surface area contributed by atoms with Gasteiger partial charge in [-0.25, -0.2) is 0 Å². The van der Waals surface area contributed by atoms with Crippen LogP contribution in [0.4, 0.5) is 5.69 Å². The normalized spacial score (nSPS) is 10.2. The number of benzene rings is 2. The number of halogens is 2. The van der Waals surface area contributed by atoms with Crippen LogP contribution in [0, 0.1) is 17.4 Å². The first kappa shape index (κ1) is 19.0. The lowest BCUT2D eigenvalue weighted by Crippen LogP contribution is -2.34. The average Bonchev–Trinajstić information content (AvgIpc) is 2.52. The molecule has 0 aliphatic rings. The smallest absolute Gasteiger partial charge is 0.257 e. The molecular formula is C17H16ClIN2O2S. The number of anilines is 1. The molecule has 0 aliphatic heterocycles. The van der Waals surface area contributed by atoms with Crippen molar-refractivity contribution in [1.82, 2.24) is 5.32 Å². The minimum Gasteiger partial charge on any atom is -0.495 e. The summed E-state index contributed by atoms with van der Waals surface area (Å²) in [5.41, 5.74) is 3.53. The topological polar surface area (TPSA) is 50.4 Å². The van der Waals surface area contributed by atoms with Gasteiger partial charge >= 0.3 is 0 Å². The molecule has 0 heterocycles. The number of carbonyl (C=O) groups excluding carboxylic acids is 1. The maximum absolute atomic E-state index is 12.2. The van der Waals surface area contributed by atoms with Crippen molar-refractivity contribution in [2.75, 3.05) is 12.4 Å². The number of carbonyl (C=O) groups is 1. The fourth-order valence-corrected chi connectivity index (χ4v) is 2.94. The summed E-state index contributed by atoms with van der Waals surface area (Å²) in [6, 6.07) is 8.77. The summed E-state index contributed by atoms with van der Waals surface area (Å²) in [5.74, 6) is 0.176. The molecule has 1 amide bonds. The van der Waals surface area contributed by atoms with Crippen molar-refractivity contribution in [3.63, 3.8) is 0 Å². The number of hydrogen-bond acceptors (Lipinski definition) is 3. The zero-order chi connectivity index (χ0) is 17.9. The Morgan fingerprint density at radius 3 is 2.38 bits per heavy atom. The molecule has 0 radical (unpaired) electrons. The number of methoxy groups -OCH3 is 1. The van der Waals surface area contributed by atoms with Gasteiger partial charge in [0.15, 0.2) is 5.11 Å². The highest BCUT2D eigenvalue weighted by Crippen LogP contribution is 2.25. The molecule has 2 N–H and O–H groups in total. The zero-order valence-corrected chi connectivity index (χ0v) is 17.1. The second-order valence-corrected chi connectivity index (χ2v) is 7.08. The lowest BCUT2D eigenvalue weighted by atomic mass is 10.1. The Labute approximate surface area is 165 Å². The second kappa shape index (κ2) is 8.13. The van der Waals surface area contributed by atoms with Crippen molar-refractivity contribution in [3.05, 3.63) is 55.6 Å². The molecule has 2 rings (SSSR count). The van der Waals surface area contributed by atoms with Gasteiger partial charge in [0.1, 0.15) is 5.75 Å². The van der Waals surface area contributed by atoms with Crippen LogP contribution >= 0.6 is 46.4 Å². The molecule has 0 saturated carbocycles. The lowest BCUT2D eigenvalue weighted by Gasteiger charge is -2.13. The van der Waals surface area contributed by atoms with Crippen molar-refractivity contribution in [2.24, 2.45) is 0 Å². The molecule has 4 nitrogen and oxygen atoms in total. The van der Waals surface area contributed by atoms with Gasteiger partial charge in [-0.1, -0.05) is 11.6 Å². The third-order valence-corrected chi connectivity index (χ3v) is 5.54. The molecule has 24 heavy (non-hydrogen) atoms. The van der Waals surface area contributed by atoms with Gasteiger partial charge in [0.05, 0.1) is 12.1 Å². The van der Waals surface area contributed by atoms with Gasteiger partial charge < -0.3 is 10.1 Å². The summed E-state index contributed by atoms with van der Waals surface area (Å²) < 4.78 is 6.28. The first-order valence-electron chi connectivity index (χ1n) is 7.04. The van der Waals surface area contributed by atoms with E-state index in [4.69, 9.17) is 28.6 Å². The van der Waals surface area contributed by atoms with E-state index in [-0.39, 0.29) is 11.0 Å². The van der Waals surface area contributed by atoms with E-state index in [0.29, 0.717) is 16.3 Å². The molecule has 0 atom stereocenters. The van der Waals surface area contributed by atoms with E-state index in [1.807, 2.05) is 26.0 Å². The van der Waals surface area contributed by atoms with Crippen LogP contribution in [0.2, 0.25) is 5.02 Å². The first-order chi connectivity index (χ1) is 11.3. The molecule has 7 heteroatoms. The van der Waals surface area contributed by atoms with Crippen LogP contribution in [0.5, 0.6) is 5.75 Å². The Morgan fingerprint density at radius 1 is 1.21 bits per heavy atom. The van der Waals surface area contributed by atoms with Crippen molar-refractivity contribution in [3.8, 4) is 5.75 Å². The van der Waals surface area contributed by atoms with E-state index < -0.39 is 0 Å². The molecule has 0 aromatic heterocycles. The third-order valence-electron chi connectivity index (χ3n) is 3.34. The van der Waals surface area contributed by atoms with Gasteiger partial charge in [-0.3, -0.25) is 10.1 Å². The summed E-state index contributed by atoms with van der Waals surface area (Å²) in [6.45, 7) is 4.06. The van der Waals surface area contributed by atoms with Gasteiger partial charge in [-0.05, 0) is 90.1 Å². The number of aryl methyl sites for hydroxylation is 2. The minimum atomic E-state index is -0.337. The van der Waals surface area contributed by atoms with E-state index in [1.54, 1.807) is 12.1 Å². The maximum atomic E-state index is 12.2. The fraction of sp³-hybridized carbons (Fsp3) is 0.176. The molecule has 0 saturated heterocycles. The van der Waals surface area contributed by atoms with E-state index >= 15 is 0 Å². The van der Waals surface area contributed by atoms with Crippen LogP contribution in [-0.4, -0.2) is 18.1 Å². The standard InChI is InChI=1S/C17H16ClIN2O2S/c1-9-6-12(7-10(2)15(9)19)20-17(24)21-16(22)11-4-5-14(23-3)13(18)8-11/h4-8H,1-3H3,(H2,20,21,22,24). The third kappa shape index (κ3) is 4.58. The summed E-state index contributed by atoms with van der Waals surface area (Å²) in [4.78, 5) is 12.2. The molecule has 0 bridgehead atoms. The number of rotatable bonds is 3. The minimum absolute atomic E-state index is 0.229. The molecule has 0 fully saturated rings. The van der Waals surface area contributed by atoms with Crippen molar-refractivity contribution in [1.29, 1.82) is 0 Å². The number of ether oxygens (including phenoxy) is 1. The summed E-state index contributed by atoms with van der Waals surface area (Å²) in [6.07, 6.45) is 0. The number of thiocarbonyl (C=S) groups is 1. The van der Waals surface area contributed by atoms with Gasteiger partial charge in [0.2, 0.25) is 0 Å². The van der Waals surface area contributed by atoms with Crippen LogP contribution in [0.3, 0.4) is 0 Å². The monoisotopic (exact) mass is 474 g/mol. The van der Waals surface area contributed by atoms with Crippen LogP contribution in [0.15, 0.2) is 30.3 Å². The average molecular weight is 475 g/mol. The second-order valence-electron chi connectivity index (χ2n) is 5.18. The SMILES string of the molecule is COc1ccc(C(=O)NC(=S)Nc2cc(C)c(I)c(C)c2)cc1Cl. The van der Waals surface area contributed by atoms with Crippen molar-refractivity contribution >= 4 is 63.1 Å². The van der Waals surface area contributed by atoms with Crippen molar-refractivity contribution in [2.45, 2.75) is 13.8 Å². The van der Waals surface area contributed by atoms with Crippen molar-refractivity contribution < 1.29 is 9.53 Å². The quantitative estimate of drug-likeness (QED) is 0.500. The largest absolute Gasteiger partial charge is 0.495 e. The Morgan fingerprint density at radius 2 is 1.83 bits per heavy atom. The van der Waals surface area contributed by atoms with Gasteiger partial charge in [0.25, 0.3) is 5.91 Å². The van der Waals surface area contributed by atoms with Gasteiger partial charge in [-0.15, -0.1) is 0 Å². The predicted molar refractivity (Wildman–Crippen MR) is 110 cm³/mol. The van der Waals surface area contributed by atoms with Crippen LogP contribution < -0.4 is 15.4 Å². The number of hydrogen-bond donors (Lipinski definition) is 2. The first-order valence-corrected chi connectivity index (χ1v) is 8.91. The summed E-state index contributed by atoms with van der Waals surface area (Å²) in [7, 11) is 1.52.